The molecule has 1 fully saturated rings. The van der Waals surface area contributed by atoms with E-state index in [4.69, 9.17) is 19.5 Å². The highest BCUT2D eigenvalue weighted by Gasteiger charge is 2.50. The second-order valence-corrected chi connectivity index (χ2v) is 19.1. The maximum absolute atomic E-state index is 12.7. The molecule has 1 saturated heterocycles. The van der Waals surface area contributed by atoms with Crippen molar-refractivity contribution in [2.75, 3.05) is 37.8 Å². The third-order valence-electron chi connectivity index (χ3n) is 8.18. The largest absolute Gasteiger partial charge is 0.481 e. The highest BCUT2D eigenvalue weighted by molar-refractivity contribution is 8.13. The summed E-state index contributed by atoms with van der Waals surface area (Å²) >= 11 is 0.934. The van der Waals surface area contributed by atoms with Crippen LogP contribution >= 0.6 is 35.2 Å². The number of amides is 2. The van der Waals surface area contributed by atoms with E-state index in [0.29, 0.717) is 0 Å². The molecule has 0 radical (unpaired) electrons. The van der Waals surface area contributed by atoms with Gasteiger partial charge in [0, 0.05) is 37.1 Å². The molecule has 2 amide bonds. The molecule has 0 spiro atoms. The van der Waals surface area contributed by atoms with Crippen LogP contribution < -0.4 is 16.4 Å². The fourth-order valence-electron chi connectivity index (χ4n) is 5.13. The van der Waals surface area contributed by atoms with Crippen LogP contribution in [0.4, 0.5) is 5.82 Å². The predicted octanol–water partition coefficient (Wildman–Crippen LogP) is 0.328. The Hall–Kier alpha value is -3.00. The average molecular weight is 934 g/mol. The number of phosphoric ester groups is 3. The summed E-state index contributed by atoms with van der Waals surface area (Å²) in [5, 5.41) is 36.0. The quantitative estimate of drug-likeness (QED) is 0.0364. The van der Waals surface area contributed by atoms with E-state index in [1.54, 1.807) is 12.2 Å². The molecule has 2 aromatic rings. The van der Waals surface area contributed by atoms with E-state index in [1.807, 2.05) is 13.0 Å². The summed E-state index contributed by atoms with van der Waals surface area (Å²) in [5.41, 5.74) is 4.23. The molecule has 338 valence electrons. The van der Waals surface area contributed by atoms with E-state index in [2.05, 4.69) is 34.4 Å². The van der Waals surface area contributed by atoms with Gasteiger partial charge < -0.3 is 56.0 Å². The predicted molar refractivity (Wildman–Crippen MR) is 211 cm³/mol. The zero-order valence-electron chi connectivity index (χ0n) is 32.5. The number of hydrogen-bond donors (Lipinski definition) is 10. The lowest BCUT2D eigenvalue weighted by Crippen LogP contribution is -2.46. The van der Waals surface area contributed by atoms with Gasteiger partial charge in [-0.1, -0.05) is 63.3 Å². The van der Waals surface area contributed by atoms with Gasteiger partial charge in [0.15, 0.2) is 22.8 Å². The number of nitrogen functional groups attached to an aromatic ring is 1. The number of nitrogens with one attached hydrogen (secondary N) is 2. The molecule has 60 heavy (non-hydrogen) atoms. The van der Waals surface area contributed by atoms with E-state index in [-0.39, 0.29) is 53.8 Å². The van der Waals surface area contributed by atoms with Crippen molar-refractivity contribution in [3.05, 3.63) is 37.0 Å². The molecule has 2 aromatic heterocycles. The van der Waals surface area contributed by atoms with Gasteiger partial charge in [-0.15, -0.1) is 0 Å². The van der Waals surface area contributed by atoms with Crippen molar-refractivity contribution in [3.8, 4) is 0 Å². The number of fused-ring (bicyclic) bond motifs is 1. The van der Waals surface area contributed by atoms with Crippen LogP contribution in [0.5, 0.6) is 0 Å². The van der Waals surface area contributed by atoms with E-state index in [9.17, 15) is 63.0 Å². The van der Waals surface area contributed by atoms with Crippen molar-refractivity contribution >= 4 is 69.1 Å². The number of hydrogen-bond acceptors (Lipinski definition) is 19. The number of nitrogens with zero attached hydrogens (tertiary/aromatic N) is 4. The van der Waals surface area contributed by atoms with Gasteiger partial charge in [0.25, 0.3) is 0 Å². The third kappa shape index (κ3) is 16.7. The van der Waals surface area contributed by atoms with Crippen molar-refractivity contribution in [3.63, 3.8) is 0 Å². The number of unbranched alkanes of at least 4 members (excludes halogenated alkanes) is 1. The van der Waals surface area contributed by atoms with Crippen molar-refractivity contribution in [2.24, 2.45) is 5.41 Å². The van der Waals surface area contributed by atoms with E-state index in [0.717, 1.165) is 41.8 Å². The summed E-state index contributed by atoms with van der Waals surface area (Å²) in [6.07, 6.45) is 0.740. The first-order chi connectivity index (χ1) is 27.9. The molecule has 0 saturated carbocycles. The fourth-order valence-corrected chi connectivity index (χ4v) is 8.68. The summed E-state index contributed by atoms with van der Waals surface area (Å²) in [5.74, 6) is -1.29. The maximum atomic E-state index is 12.7. The first-order valence-corrected chi connectivity index (χ1v) is 23.5. The topological polar surface area (TPSA) is 384 Å². The molecule has 0 bridgehead atoms. The molecule has 25 nitrogen and oxygen atoms in total. The lowest BCUT2D eigenvalue weighted by Gasteiger charge is -2.30. The molecule has 8 unspecified atom stereocenters. The van der Waals surface area contributed by atoms with Crippen LogP contribution in [0.2, 0.25) is 0 Å². The number of nitrogens with two attached hydrogens (primary N) is 1. The van der Waals surface area contributed by atoms with E-state index < -0.39 is 90.7 Å². The Morgan fingerprint density at radius 2 is 1.75 bits per heavy atom. The van der Waals surface area contributed by atoms with Crippen molar-refractivity contribution in [1.29, 1.82) is 0 Å². The van der Waals surface area contributed by atoms with Gasteiger partial charge in [0.05, 0.1) is 25.6 Å². The van der Waals surface area contributed by atoms with Gasteiger partial charge in [0.1, 0.15) is 36.3 Å². The molecule has 3 heterocycles. The van der Waals surface area contributed by atoms with Crippen molar-refractivity contribution < 1.29 is 85.6 Å². The van der Waals surface area contributed by atoms with Crippen LogP contribution in [0.15, 0.2) is 37.0 Å². The van der Waals surface area contributed by atoms with Crippen LogP contribution in [0.1, 0.15) is 52.7 Å². The minimum atomic E-state index is -5.58. The molecular formula is C31H50N7O18P3S. The summed E-state index contributed by atoms with van der Waals surface area (Å²) in [6.45, 7) is 2.36. The number of carbonyl (C=O) groups excluding carboxylic acids is 3. The SMILES string of the molecule is CCC/C=C/C=C/C(O)CC(=O)SCCNC(=O)CCNC(=O)C(O)C(C)(C)COP(=O)(O)OP(=O)(O)OCC1OC(n2cnc3c(N)ncnc32)C(O)C1OP(=O)(O)O. The van der Waals surface area contributed by atoms with Gasteiger partial charge in [-0.05, 0) is 6.42 Å². The number of carbonyl (C=O) groups is 3. The van der Waals surface area contributed by atoms with Gasteiger partial charge in [0.2, 0.25) is 11.8 Å². The van der Waals surface area contributed by atoms with Crippen LogP contribution in [0.25, 0.3) is 11.2 Å². The summed E-state index contributed by atoms with van der Waals surface area (Å²) in [4.78, 5) is 87.8. The lowest BCUT2D eigenvalue weighted by molar-refractivity contribution is -0.137. The second kappa shape index (κ2) is 22.9. The molecule has 3 rings (SSSR count). The number of phosphoric acid groups is 3. The standard InChI is InChI=1S/C31H50N7O18P3S/c1-4-5-6-7-8-9-19(39)14-22(41)60-13-12-33-21(40)10-11-34-29(44)26(43)31(2,3)16-53-59(50,51)56-58(48,49)52-15-20-25(55-57(45,46)47)24(42)30(54-20)38-18-37-23-27(32)35-17-36-28(23)38/h6-9,17-20,24-26,30,39,42-43H,4-5,10-16H2,1-3H3,(H,33,40)(H,34,44)(H,48,49)(H,50,51)(H2,32,35,36)(H2,45,46,47)/b7-6+,9-8+. The summed E-state index contributed by atoms with van der Waals surface area (Å²) in [6, 6.07) is 0. The monoisotopic (exact) mass is 933 g/mol. The lowest BCUT2D eigenvalue weighted by atomic mass is 9.87. The number of imidazole rings is 1. The number of aromatic nitrogens is 4. The number of anilines is 1. The zero-order chi connectivity index (χ0) is 44.9. The second-order valence-electron chi connectivity index (χ2n) is 13.7. The zero-order valence-corrected chi connectivity index (χ0v) is 36.0. The van der Waals surface area contributed by atoms with Gasteiger partial charge >= 0.3 is 23.5 Å². The normalized spacial score (nSPS) is 21.8. The Kier molecular flexibility index (Phi) is 19.6. The first kappa shape index (κ1) is 51.4. The summed E-state index contributed by atoms with van der Waals surface area (Å²) in [7, 11) is -16.4. The van der Waals surface area contributed by atoms with Crippen molar-refractivity contribution in [1.82, 2.24) is 30.2 Å². The van der Waals surface area contributed by atoms with Gasteiger partial charge in [-0.2, -0.15) is 4.31 Å². The van der Waals surface area contributed by atoms with E-state index >= 15 is 0 Å². The van der Waals surface area contributed by atoms with Gasteiger partial charge in [-0.25, -0.2) is 28.6 Å². The summed E-state index contributed by atoms with van der Waals surface area (Å²) < 4.78 is 62.2. The van der Waals surface area contributed by atoms with Gasteiger partial charge in [-0.3, -0.25) is 32.5 Å². The number of thioether (sulfide) groups is 1. The minimum absolute atomic E-state index is 0.0247. The molecule has 0 aliphatic carbocycles. The molecular weight excluding hydrogens is 883 g/mol. The molecule has 0 aromatic carbocycles. The highest BCUT2D eigenvalue weighted by atomic mass is 32.2. The molecule has 11 N–H and O–H groups in total. The van der Waals surface area contributed by atoms with Crippen LogP contribution in [-0.4, -0.2) is 134 Å². The Bertz CT molecular complexity index is 1980. The maximum Gasteiger partial charge on any atom is 0.481 e. The Morgan fingerprint density at radius 1 is 1.05 bits per heavy atom. The molecule has 8 atom stereocenters. The minimum Gasteiger partial charge on any atom is -0.389 e. The number of aliphatic hydroxyl groups is 3. The highest BCUT2D eigenvalue weighted by Crippen LogP contribution is 2.61. The number of allylic oxidation sites excluding steroid dienone is 3. The fraction of sp³-hybridized carbons (Fsp3) is 0.613. The van der Waals surface area contributed by atoms with Crippen LogP contribution in [0, 0.1) is 5.41 Å². The molecule has 29 heteroatoms. The number of ether oxygens (including phenoxy) is 1. The van der Waals surface area contributed by atoms with Crippen LogP contribution in [0.3, 0.4) is 0 Å². The third-order valence-corrected chi connectivity index (χ3v) is 12.2. The average Bonchev–Trinajstić information content (AvgIpc) is 3.71. The Balaban J connectivity index is 1.43. The van der Waals surface area contributed by atoms with Crippen LogP contribution in [-0.2, 0) is 50.7 Å². The smallest absolute Gasteiger partial charge is 0.389 e. The molecule has 1 aliphatic heterocycles. The Labute approximate surface area is 347 Å². The Morgan fingerprint density at radius 3 is 2.43 bits per heavy atom. The van der Waals surface area contributed by atoms with Crippen molar-refractivity contribution in [2.45, 2.75) is 83.2 Å². The molecule has 1 aliphatic rings. The first-order valence-electron chi connectivity index (χ1n) is 18.0. The number of rotatable bonds is 25. The number of aliphatic hydroxyl groups excluding tert-OH is 3. The van der Waals surface area contributed by atoms with E-state index in [1.165, 1.54) is 19.9 Å².